The van der Waals surface area contributed by atoms with Crippen molar-refractivity contribution in [2.45, 2.75) is 18.6 Å². The molecule has 0 aliphatic carbocycles. The molecule has 1 aromatic carbocycles. The predicted octanol–water partition coefficient (Wildman–Crippen LogP) is 4.10. The fourth-order valence-corrected chi connectivity index (χ4v) is 3.41. The van der Waals surface area contributed by atoms with Crippen LogP contribution < -0.4 is 0 Å². The molecule has 24 heavy (non-hydrogen) atoms. The molecule has 0 saturated heterocycles. The van der Waals surface area contributed by atoms with Gasteiger partial charge in [0.1, 0.15) is 0 Å². The van der Waals surface area contributed by atoms with Crippen LogP contribution in [-0.4, -0.2) is 31.3 Å². The van der Waals surface area contributed by atoms with Crippen LogP contribution in [0.15, 0.2) is 58.4 Å². The number of hydrogen-bond acceptors (Lipinski definition) is 5. The first-order valence-corrected chi connectivity index (χ1v) is 9.22. The normalized spacial score (nSPS) is 10.8. The van der Waals surface area contributed by atoms with E-state index in [4.69, 9.17) is 0 Å². The Morgan fingerprint density at radius 2 is 1.83 bits per heavy atom. The van der Waals surface area contributed by atoms with Gasteiger partial charge in [-0.15, -0.1) is 10.2 Å². The van der Waals surface area contributed by atoms with Gasteiger partial charge in [0.15, 0.2) is 16.8 Å². The van der Waals surface area contributed by atoms with Crippen molar-refractivity contribution in [1.82, 2.24) is 19.7 Å². The first kappa shape index (κ1) is 16.9. The Hall–Kier alpha value is -1.99. The number of halogens is 1. The molecule has 5 nitrogen and oxygen atoms in total. The number of Topliss-reactive ketones (excluding diaryl/α,β-unsaturated/α-hetero) is 1. The van der Waals surface area contributed by atoms with Crippen molar-refractivity contribution < 1.29 is 4.79 Å². The standard InChI is InChI=1S/C17H15BrN4OS/c1-2-22-16(13-7-9-19-10-8-13)20-21-17(22)24-11-15(23)12-3-5-14(18)6-4-12/h3-10H,2,11H2,1H3. The van der Waals surface area contributed by atoms with E-state index in [-0.39, 0.29) is 5.78 Å². The van der Waals surface area contributed by atoms with E-state index in [1.807, 2.05) is 47.9 Å². The van der Waals surface area contributed by atoms with Gasteiger partial charge in [-0.05, 0) is 31.2 Å². The summed E-state index contributed by atoms with van der Waals surface area (Å²) < 4.78 is 2.97. The Balaban J connectivity index is 1.75. The van der Waals surface area contributed by atoms with E-state index in [1.54, 1.807) is 12.4 Å². The SMILES string of the molecule is CCn1c(SCC(=O)c2ccc(Br)cc2)nnc1-c1ccncc1. The molecule has 0 amide bonds. The summed E-state index contributed by atoms with van der Waals surface area (Å²) in [6.45, 7) is 2.77. The summed E-state index contributed by atoms with van der Waals surface area (Å²) in [6.07, 6.45) is 3.46. The Kier molecular flexibility index (Phi) is 5.42. The molecule has 0 fully saturated rings. The highest BCUT2D eigenvalue weighted by atomic mass is 79.9. The number of ketones is 1. The van der Waals surface area contributed by atoms with Gasteiger partial charge >= 0.3 is 0 Å². The van der Waals surface area contributed by atoms with E-state index in [2.05, 4.69) is 31.1 Å². The highest BCUT2D eigenvalue weighted by Crippen LogP contribution is 2.24. The van der Waals surface area contributed by atoms with Crippen LogP contribution in [0.3, 0.4) is 0 Å². The molecule has 0 aliphatic heterocycles. The van der Waals surface area contributed by atoms with Gasteiger partial charge in [-0.3, -0.25) is 9.78 Å². The number of hydrogen-bond donors (Lipinski definition) is 0. The van der Waals surface area contributed by atoms with E-state index in [9.17, 15) is 4.79 Å². The average molecular weight is 403 g/mol. The Morgan fingerprint density at radius 1 is 1.12 bits per heavy atom. The lowest BCUT2D eigenvalue weighted by Crippen LogP contribution is -2.05. The minimum Gasteiger partial charge on any atom is -0.302 e. The van der Waals surface area contributed by atoms with Gasteiger partial charge in [-0.25, -0.2) is 0 Å². The number of carbonyl (C=O) groups excluding carboxylic acids is 1. The van der Waals surface area contributed by atoms with Crippen LogP contribution >= 0.6 is 27.7 Å². The zero-order valence-corrected chi connectivity index (χ0v) is 15.4. The molecule has 0 spiro atoms. The van der Waals surface area contributed by atoms with E-state index >= 15 is 0 Å². The third-order valence-corrected chi connectivity index (χ3v) is 4.97. The highest BCUT2D eigenvalue weighted by Gasteiger charge is 2.15. The van der Waals surface area contributed by atoms with Crippen LogP contribution in [0, 0.1) is 0 Å². The zero-order valence-electron chi connectivity index (χ0n) is 13.0. The fraction of sp³-hybridized carbons (Fsp3) is 0.176. The summed E-state index contributed by atoms with van der Waals surface area (Å²) in [5.74, 6) is 1.19. The fourth-order valence-electron chi connectivity index (χ4n) is 2.24. The quantitative estimate of drug-likeness (QED) is 0.458. The largest absolute Gasteiger partial charge is 0.302 e. The molecule has 0 unspecified atom stereocenters. The van der Waals surface area contributed by atoms with Crippen molar-refractivity contribution in [3.63, 3.8) is 0 Å². The van der Waals surface area contributed by atoms with Crippen molar-refractivity contribution in [2.24, 2.45) is 0 Å². The number of rotatable bonds is 6. The maximum atomic E-state index is 12.3. The van der Waals surface area contributed by atoms with E-state index in [0.29, 0.717) is 11.3 Å². The van der Waals surface area contributed by atoms with Crippen molar-refractivity contribution in [3.8, 4) is 11.4 Å². The molecule has 0 saturated carbocycles. The molecule has 7 heteroatoms. The molecule has 0 N–H and O–H groups in total. The summed E-state index contributed by atoms with van der Waals surface area (Å²) in [5, 5.41) is 9.25. The summed E-state index contributed by atoms with van der Waals surface area (Å²) in [5.41, 5.74) is 1.66. The number of pyridine rings is 1. The van der Waals surface area contributed by atoms with Gasteiger partial charge in [-0.1, -0.05) is 39.8 Å². The number of benzene rings is 1. The van der Waals surface area contributed by atoms with Crippen molar-refractivity contribution in [2.75, 3.05) is 5.75 Å². The second kappa shape index (κ2) is 7.72. The van der Waals surface area contributed by atoms with E-state index in [0.717, 1.165) is 27.6 Å². The minimum atomic E-state index is 0.0728. The maximum Gasteiger partial charge on any atom is 0.191 e. The first-order chi connectivity index (χ1) is 11.7. The molecule has 3 aromatic rings. The molecule has 0 bridgehead atoms. The van der Waals surface area contributed by atoms with Crippen LogP contribution in [0.5, 0.6) is 0 Å². The number of nitrogens with zero attached hydrogens (tertiary/aromatic N) is 4. The summed E-state index contributed by atoms with van der Waals surface area (Å²) in [7, 11) is 0. The highest BCUT2D eigenvalue weighted by molar-refractivity contribution is 9.10. The van der Waals surface area contributed by atoms with Crippen LogP contribution in [0.2, 0.25) is 0 Å². The second-order valence-corrected chi connectivity index (χ2v) is 6.86. The van der Waals surface area contributed by atoms with E-state index < -0.39 is 0 Å². The van der Waals surface area contributed by atoms with E-state index in [1.165, 1.54) is 11.8 Å². The molecule has 122 valence electrons. The lowest BCUT2D eigenvalue weighted by atomic mass is 10.2. The van der Waals surface area contributed by atoms with Gasteiger partial charge in [0, 0.05) is 34.5 Å². The van der Waals surface area contributed by atoms with Crippen molar-refractivity contribution in [1.29, 1.82) is 0 Å². The van der Waals surface area contributed by atoms with Gasteiger partial charge in [0.25, 0.3) is 0 Å². The summed E-state index contributed by atoms with van der Waals surface area (Å²) >= 11 is 4.78. The van der Waals surface area contributed by atoms with Gasteiger partial charge in [0.05, 0.1) is 5.75 Å². The average Bonchev–Trinajstić information content (AvgIpc) is 3.04. The van der Waals surface area contributed by atoms with Crippen LogP contribution in [0.4, 0.5) is 0 Å². The number of aromatic nitrogens is 4. The molecule has 0 atom stereocenters. The first-order valence-electron chi connectivity index (χ1n) is 7.44. The van der Waals surface area contributed by atoms with Crippen molar-refractivity contribution in [3.05, 3.63) is 58.8 Å². The molecule has 0 radical (unpaired) electrons. The minimum absolute atomic E-state index is 0.0728. The predicted molar refractivity (Wildman–Crippen MR) is 98.1 cm³/mol. The smallest absolute Gasteiger partial charge is 0.191 e. The summed E-state index contributed by atoms with van der Waals surface area (Å²) in [4.78, 5) is 16.3. The lowest BCUT2D eigenvalue weighted by molar-refractivity contribution is 0.102. The molecule has 3 rings (SSSR count). The summed E-state index contributed by atoms with van der Waals surface area (Å²) in [6, 6.07) is 11.2. The van der Waals surface area contributed by atoms with Gasteiger partial charge < -0.3 is 4.57 Å². The second-order valence-electron chi connectivity index (χ2n) is 5.01. The Labute approximate surface area is 152 Å². The molecular weight excluding hydrogens is 388 g/mol. The van der Waals surface area contributed by atoms with Gasteiger partial charge in [0.2, 0.25) is 0 Å². The molecule has 2 heterocycles. The maximum absolute atomic E-state index is 12.3. The van der Waals surface area contributed by atoms with Gasteiger partial charge in [-0.2, -0.15) is 0 Å². The molecular formula is C17H15BrN4OS. The van der Waals surface area contributed by atoms with Crippen LogP contribution in [0.1, 0.15) is 17.3 Å². The van der Waals surface area contributed by atoms with Crippen LogP contribution in [-0.2, 0) is 6.54 Å². The molecule has 0 aliphatic rings. The third-order valence-electron chi connectivity index (χ3n) is 3.47. The number of thioether (sulfide) groups is 1. The van der Waals surface area contributed by atoms with Crippen molar-refractivity contribution >= 4 is 33.5 Å². The Bertz CT molecular complexity index is 834. The Morgan fingerprint density at radius 3 is 2.50 bits per heavy atom. The number of carbonyl (C=O) groups is 1. The lowest BCUT2D eigenvalue weighted by Gasteiger charge is -2.07. The van der Waals surface area contributed by atoms with Crippen LogP contribution in [0.25, 0.3) is 11.4 Å². The topological polar surface area (TPSA) is 60.7 Å². The third kappa shape index (κ3) is 3.73. The molecule has 2 aromatic heterocycles. The zero-order chi connectivity index (χ0) is 16.9. The monoisotopic (exact) mass is 402 g/mol.